The highest BCUT2D eigenvalue weighted by molar-refractivity contribution is 5.83. The van der Waals surface area contributed by atoms with E-state index in [1.54, 1.807) is 0 Å². The highest BCUT2D eigenvalue weighted by Gasteiger charge is 2.21. The lowest BCUT2D eigenvalue weighted by atomic mass is 10.1. The first-order chi connectivity index (χ1) is 8.72. The molecule has 0 aromatic carbocycles. The number of amides is 3. The largest absolute Gasteiger partial charge is 0.480 e. The summed E-state index contributed by atoms with van der Waals surface area (Å²) < 4.78 is 0. The van der Waals surface area contributed by atoms with Crippen molar-refractivity contribution in [3.05, 3.63) is 0 Å². The Bertz CT molecular complexity index is 331. The lowest BCUT2D eigenvalue weighted by molar-refractivity contribution is -0.139. The normalized spacial score (nSPS) is 13.7. The molecule has 0 bridgehead atoms. The number of carbonyl (C=O) groups excluding carboxylic acids is 2. The van der Waals surface area contributed by atoms with Gasteiger partial charge in [0, 0.05) is 12.5 Å². The summed E-state index contributed by atoms with van der Waals surface area (Å²) in [4.78, 5) is 33.1. The van der Waals surface area contributed by atoms with Gasteiger partial charge in [-0.1, -0.05) is 13.8 Å². The van der Waals surface area contributed by atoms with Gasteiger partial charge in [0.25, 0.3) is 0 Å². The number of hydrogen-bond donors (Lipinski definition) is 4. The second-order valence-corrected chi connectivity index (χ2v) is 5.04. The molecule has 5 N–H and O–H groups in total. The molecular formula is C12H23N3O4. The van der Waals surface area contributed by atoms with Gasteiger partial charge in [-0.15, -0.1) is 0 Å². The molecule has 0 aliphatic rings. The molecule has 2 atom stereocenters. The molecule has 7 nitrogen and oxygen atoms in total. The van der Waals surface area contributed by atoms with Crippen LogP contribution in [-0.2, 0) is 9.59 Å². The van der Waals surface area contributed by atoms with Crippen LogP contribution in [0.2, 0.25) is 0 Å². The van der Waals surface area contributed by atoms with E-state index in [0.717, 1.165) is 6.42 Å². The SMILES string of the molecule is CC(C)CC(C)NC(=O)N[C@@H](CCC(N)=O)C(=O)O. The molecule has 0 aromatic rings. The van der Waals surface area contributed by atoms with Crippen LogP contribution >= 0.6 is 0 Å². The Morgan fingerprint density at radius 3 is 2.16 bits per heavy atom. The van der Waals surface area contributed by atoms with Crippen molar-refractivity contribution in [1.82, 2.24) is 10.6 Å². The molecule has 0 saturated carbocycles. The molecular weight excluding hydrogens is 250 g/mol. The van der Waals surface area contributed by atoms with Crippen LogP contribution in [0.1, 0.15) is 40.0 Å². The molecule has 0 fully saturated rings. The number of rotatable bonds is 8. The fourth-order valence-corrected chi connectivity index (χ4v) is 1.73. The number of primary amides is 1. The summed E-state index contributed by atoms with van der Waals surface area (Å²) in [6.07, 6.45) is 0.696. The number of carboxylic acid groups (broad SMARTS) is 1. The minimum Gasteiger partial charge on any atom is -0.480 e. The zero-order valence-corrected chi connectivity index (χ0v) is 11.6. The number of urea groups is 1. The van der Waals surface area contributed by atoms with Crippen LogP contribution < -0.4 is 16.4 Å². The van der Waals surface area contributed by atoms with E-state index in [-0.39, 0.29) is 18.9 Å². The summed E-state index contributed by atoms with van der Waals surface area (Å²) in [7, 11) is 0. The first kappa shape index (κ1) is 17.2. The number of hydrogen-bond acceptors (Lipinski definition) is 3. The Morgan fingerprint density at radius 1 is 1.16 bits per heavy atom. The van der Waals surface area contributed by atoms with Crippen molar-refractivity contribution in [2.45, 2.75) is 52.1 Å². The van der Waals surface area contributed by atoms with Crippen molar-refractivity contribution in [2.75, 3.05) is 0 Å². The summed E-state index contributed by atoms with van der Waals surface area (Å²) >= 11 is 0. The van der Waals surface area contributed by atoms with Gasteiger partial charge in [0.2, 0.25) is 5.91 Å². The maximum atomic E-state index is 11.6. The summed E-state index contributed by atoms with van der Waals surface area (Å²) in [6, 6.07) is -1.71. The topological polar surface area (TPSA) is 122 Å². The van der Waals surface area contributed by atoms with Gasteiger partial charge in [0.05, 0.1) is 0 Å². The van der Waals surface area contributed by atoms with Crippen LogP contribution in [0.15, 0.2) is 0 Å². The van der Waals surface area contributed by atoms with Gasteiger partial charge in [-0.2, -0.15) is 0 Å². The van der Waals surface area contributed by atoms with Crippen LogP contribution in [0.3, 0.4) is 0 Å². The molecule has 0 aromatic heterocycles. The Hall–Kier alpha value is -1.79. The maximum Gasteiger partial charge on any atom is 0.326 e. The van der Waals surface area contributed by atoms with Crippen LogP contribution in [-0.4, -0.2) is 35.1 Å². The van der Waals surface area contributed by atoms with E-state index >= 15 is 0 Å². The maximum absolute atomic E-state index is 11.6. The highest BCUT2D eigenvalue weighted by atomic mass is 16.4. The highest BCUT2D eigenvalue weighted by Crippen LogP contribution is 2.04. The lowest BCUT2D eigenvalue weighted by Crippen LogP contribution is -2.48. The molecule has 1 unspecified atom stereocenters. The predicted molar refractivity (Wildman–Crippen MR) is 70.4 cm³/mol. The number of aliphatic carboxylic acids is 1. The Balaban J connectivity index is 4.23. The smallest absolute Gasteiger partial charge is 0.326 e. The van der Waals surface area contributed by atoms with E-state index in [1.807, 2.05) is 20.8 Å². The van der Waals surface area contributed by atoms with Gasteiger partial charge in [0.1, 0.15) is 6.04 Å². The number of carbonyl (C=O) groups is 3. The summed E-state index contributed by atoms with van der Waals surface area (Å²) in [5.74, 6) is -1.35. The van der Waals surface area contributed by atoms with E-state index in [9.17, 15) is 14.4 Å². The van der Waals surface area contributed by atoms with E-state index in [1.165, 1.54) is 0 Å². The van der Waals surface area contributed by atoms with Crippen LogP contribution in [0.4, 0.5) is 4.79 Å². The Labute approximate surface area is 112 Å². The van der Waals surface area contributed by atoms with Crippen molar-refractivity contribution < 1.29 is 19.5 Å². The van der Waals surface area contributed by atoms with Crippen molar-refractivity contribution in [3.8, 4) is 0 Å². The van der Waals surface area contributed by atoms with Crippen LogP contribution in [0, 0.1) is 5.92 Å². The predicted octanol–water partition coefficient (Wildman–Crippen LogP) is 0.439. The van der Waals surface area contributed by atoms with E-state index in [2.05, 4.69) is 10.6 Å². The molecule has 0 aliphatic heterocycles. The average Bonchev–Trinajstić information content (AvgIpc) is 2.21. The minimum atomic E-state index is -1.19. The second kappa shape index (κ2) is 8.34. The first-order valence-electron chi connectivity index (χ1n) is 6.30. The van der Waals surface area contributed by atoms with Crippen molar-refractivity contribution >= 4 is 17.9 Å². The average molecular weight is 273 g/mol. The van der Waals surface area contributed by atoms with Gasteiger partial charge in [0.15, 0.2) is 0 Å². The minimum absolute atomic E-state index is 0.0172. The summed E-state index contributed by atoms with van der Waals surface area (Å²) in [6.45, 7) is 5.91. The molecule has 19 heavy (non-hydrogen) atoms. The number of nitrogens with two attached hydrogens (primary N) is 1. The summed E-state index contributed by atoms with van der Waals surface area (Å²) in [5.41, 5.74) is 4.95. The van der Waals surface area contributed by atoms with E-state index in [4.69, 9.17) is 10.8 Å². The molecule has 3 amide bonds. The molecule has 0 spiro atoms. The van der Waals surface area contributed by atoms with Gasteiger partial charge >= 0.3 is 12.0 Å². The van der Waals surface area contributed by atoms with Crippen LogP contribution in [0.25, 0.3) is 0 Å². The van der Waals surface area contributed by atoms with E-state index < -0.39 is 23.9 Å². The molecule has 7 heteroatoms. The van der Waals surface area contributed by atoms with Crippen molar-refractivity contribution in [2.24, 2.45) is 11.7 Å². The quantitative estimate of drug-likeness (QED) is 0.512. The molecule has 0 rings (SSSR count). The van der Waals surface area contributed by atoms with Crippen molar-refractivity contribution in [1.29, 1.82) is 0 Å². The monoisotopic (exact) mass is 273 g/mol. The van der Waals surface area contributed by atoms with Crippen molar-refractivity contribution in [3.63, 3.8) is 0 Å². The third-order valence-electron chi connectivity index (χ3n) is 2.49. The summed E-state index contributed by atoms with van der Waals surface area (Å²) in [5, 5.41) is 13.9. The zero-order valence-electron chi connectivity index (χ0n) is 11.6. The zero-order chi connectivity index (χ0) is 15.0. The fraction of sp³-hybridized carbons (Fsp3) is 0.750. The molecule has 0 aliphatic carbocycles. The molecule has 0 saturated heterocycles. The lowest BCUT2D eigenvalue weighted by Gasteiger charge is -2.19. The third kappa shape index (κ3) is 8.87. The van der Waals surface area contributed by atoms with Crippen LogP contribution in [0.5, 0.6) is 0 Å². The van der Waals surface area contributed by atoms with Gasteiger partial charge < -0.3 is 21.5 Å². The second-order valence-electron chi connectivity index (χ2n) is 5.04. The van der Waals surface area contributed by atoms with Gasteiger partial charge in [-0.05, 0) is 25.7 Å². The van der Waals surface area contributed by atoms with Gasteiger partial charge in [-0.25, -0.2) is 9.59 Å². The van der Waals surface area contributed by atoms with Gasteiger partial charge in [-0.3, -0.25) is 4.79 Å². The number of nitrogens with one attached hydrogen (secondary N) is 2. The molecule has 110 valence electrons. The van der Waals surface area contributed by atoms with E-state index in [0.29, 0.717) is 5.92 Å². The standard InChI is InChI=1S/C12H23N3O4/c1-7(2)6-8(3)14-12(19)15-9(11(17)18)4-5-10(13)16/h7-9H,4-6H2,1-3H3,(H2,13,16)(H,17,18)(H2,14,15,19)/t8?,9-/m0/s1. The fourth-order valence-electron chi connectivity index (χ4n) is 1.73. The Kier molecular flexibility index (Phi) is 7.55. The molecule has 0 radical (unpaired) electrons. The third-order valence-corrected chi connectivity index (χ3v) is 2.49. The first-order valence-corrected chi connectivity index (χ1v) is 6.30. The Morgan fingerprint density at radius 2 is 1.74 bits per heavy atom. The molecule has 0 heterocycles. The number of carboxylic acids is 1.